The lowest BCUT2D eigenvalue weighted by molar-refractivity contribution is -0.123. The Kier molecular flexibility index (Phi) is 9.32. The molecule has 4 N–H and O–H groups in total. The fourth-order valence-corrected chi connectivity index (χ4v) is 4.36. The average molecular weight is 436 g/mol. The molecular formula is C25H33BN2O4. The van der Waals surface area contributed by atoms with Crippen LogP contribution in [0.1, 0.15) is 60.9 Å². The summed E-state index contributed by atoms with van der Waals surface area (Å²) in [6, 6.07) is 17.4. The smallest absolute Gasteiger partial charge is 0.426 e. The van der Waals surface area contributed by atoms with Crippen LogP contribution < -0.4 is 10.6 Å². The van der Waals surface area contributed by atoms with Crippen molar-refractivity contribution in [1.29, 1.82) is 0 Å². The highest BCUT2D eigenvalue weighted by molar-refractivity contribution is 6.43. The predicted octanol–water partition coefficient (Wildman–Crippen LogP) is 2.89. The third kappa shape index (κ3) is 7.50. The van der Waals surface area contributed by atoms with Gasteiger partial charge in [-0.25, -0.2) is 0 Å². The minimum Gasteiger partial charge on any atom is -0.426 e. The molecule has 2 amide bonds. The topological polar surface area (TPSA) is 98.7 Å². The summed E-state index contributed by atoms with van der Waals surface area (Å²) in [4.78, 5) is 25.8. The van der Waals surface area contributed by atoms with E-state index in [9.17, 15) is 19.6 Å². The number of amides is 2. The molecular weight excluding hydrogens is 403 g/mol. The van der Waals surface area contributed by atoms with Gasteiger partial charge in [0.05, 0.1) is 5.94 Å². The summed E-state index contributed by atoms with van der Waals surface area (Å²) in [5.41, 5.74) is 1.37. The molecule has 0 bridgehead atoms. The minimum absolute atomic E-state index is 0.308. The van der Waals surface area contributed by atoms with Gasteiger partial charge in [0, 0.05) is 12.0 Å². The Balaban J connectivity index is 1.66. The number of benzene rings is 2. The molecule has 0 unspecified atom stereocenters. The summed E-state index contributed by atoms with van der Waals surface area (Å²) in [5.74, 6) is -0.957. The van der Waals surface area contributed by atoms with Crippen LogP contribution in [0.5, 0.6) is 0 Å². The monoisotopic (exact) mass is 436 g/mol. The van der Waals surface area contributed by atoms with Gasteiger partial charge in [-0.1, -0.05) is 80.6 Å². The molecule has 1 saturated carbocycles. The van der Waals surface area contributed by atoms with Crippen molar-refractivity contribution in [3.05, 3.63) is 71.8 Å². The van der Waals surface area contributed by atoms with Crippen LogP contribution in [-0.2, 0) is 11.2 Å². The second-order valence-corrected chi connectivity index (χ2v) is 8.69. The van der Waals surface area contributed by atoms with Crippen molar-refractivity contribution < 1.29 is 19.6 Å². The van der Waals surface area contributed by atoms with Crippen molar-refractivity contribution >= 4 is 18.9 Å². The molecule has 7 heteroatoms. The summed E-state index contributed by atoms with van der Waals surface area (Å²) in [6.07, 6.45) is 7.67. The summed E-state index contributed by atoms with van der Waals surface area (Å²) in [7, 11) is -1.65. The molecule has 3 rings (SSSR count). The predicted molar refractivity (Wildman–Crippen MR) is 126 cm³/mol. The minimum atomic E-state index is -1.65. The van der Waals surface area contributed by atoms with E-state index in [1.807, 2.05) is 36.4 Å². The molecule has 0 heterocycles. The van der Waals surface area contributed by atoms with Crippen LogP contribution in [-0.4, -0.2) is 41.0 Å². The Morgan fingerprint density at radius 1 is 0.906 bits per heavy atom. The van der Waals surface area contributed by atoms with E-state index in [1.54, 1.807) is 24.3 Å². The molecule has 6 nitrogen and oxygen atoms in total. The molecule has 0 aromatic heterocycles. The van der Waals surface area contributed by atoms with Gasteiger partial charge < -0.3 is 20.7 Å². The normalized spacial score (nSPS) is 16.1. The fourth-order valence-electron chi connectivity index (χ4n) is 4.36. The van der Waals surface area contributed by atoms with Gasteiger partial charge in [-0.2, -0.15) is 0 Å². The van der Waals surface area contributed by atoms with Crippen LogP contribution in [0.15, 0.2) is 60.7 Å². The summed E-state index contributed by atoms with van der Waals surface area (Å²) in [5, 5.41) is 25.3. The molecule has 1 aliphatic rings. The van der Waals surface area contributed by atoms with Gasteiger partial charge in [0.15, 0.2) is 0 Å². The number of nitrogens with one attached hydrogen (secondary N) is 2. The number of hydrogen-bond acceptors (Lipinski definition) is 4. The highest BCUT2D eigenvalue weighted by atomic mass is 16.4. The van der Waals surface area contributed by atoms with E-state index in [0.29, 0.717) is 24.3 Å². The van der Waals surface area contributed by atoms with Crippen LogP contribution >= 0.6 is 0 Å². The van der Waals surface area contributed by atoms with Gasteiger partial charge in [-0.3, -0.25) is 9.59 Å². The molecule has 0 aliphatic heterocycles. The van der Waals surface area contributed by atoms with E-state index < -0.39 is 25.0 Å². The third-order valence-corrected chi connectivity index (χ3v) is 6.24. The lowest BCUT2D eigenvalue weighted by Crippen LogP contribution is -2.54. The summed E-state index contributed by atoms with van der Waals surface area (Å²) in [6.45, 7) is 0. The highest BCUT2D eigenvalue weighted by Crippen LogP contribution is 2.27. The molecule has 0 radical (unpaired) electrons. The Bertz CT molecular complexity index is 842. The van der Waals surface area contributed by atoms with Crippen LogP contribution in [0, 0.1) is 5.92 Å². The first-order valence-corrected chi connectivity index (χ1v) is 11.6. The molecule has 32 heavy (non-hydrogen) atoms. The van der Waals surface area contributed by atoms with E-state index in [1.165, 1.54) is 19.3 Å². The first kappa shape index (κ1) is 24.0. The van der Waals surface area contributed by atoms with Gasteiger partial charge >= 0.3 is 7.12 Å². The third-order valence-electron chi connectivity index (χ3n) is 6.24. The van der Waals surface area contributed by atoms with Crippen molar-refractivity contribution in [3.63, 3.8) is 0 Å². The molecule has 170 valence electrons. The summed E-state index contributed by atoms with van der Waals surface area (Å²) >= 11 is 0. The molecule has 2 aromatic rings. The van der Waals surface area contributed by atoms with Crippen LogP contribution in [0.2, 0.25) is 0 Å². The van der Waals surface area contributed by atoms with Gasteiger partial charge in [0.1, 0.15) is 6.04 Å². The molecule has 1 fully saturated rings. The lowest BCUT2D eigenvalue weighted by atomic mass is 9.74. The zero-order valence-electron chi connectivity index (χ0n) is 18.5. The number of rotatable bonds is 10. The molecule has 1 aliphatic carbocycles. The van der Waals surface area contributed by atoms with Crippen molar-refractivity contribution in [2.24, 2.45) is 5.92 Å². The second-order valence-electron chi connectivity index (χ2n) is 8.69. The average Bonchev–Trinajstić information content (AvgIpc) is 2.82. The zero-order chi connectivity index (χ0) is 22.8. The van der Waals surface area contributed by atoms with E-state index >= 15 is 0 Å². The Morgan fingerprint density at radius 3 is 2.16 bits per heavy atom. The maximum Gasteiger partial charge on any atom is 0.475 e. The molecule has 2 aromatic carbocycles. The Hall–Kier alpha value is -2.64. The van der Waals surface area contributed by atoms with Crippen molar-refractivity contribution in [2.45, 2.75) is 63.3 Å². The van der Waals surface area contributed by atoms with Crippen LogP contribution in [0.3, 0.4) is 0 Å². The zero-order valence-corrected chi connectivity index (χ0v) is 18.5. The van der Waals surface area contributed by atoms with Gasteiger partial charge in [0.2, 0.25) is 5.91 Å². The van der Waals surface area contributed by atoms with Crippen LogP contribution in [0.4, 0.5) is 0 Å². The highest BCUT2D eigenvalue weighted by Gasteiger charge is 2.30. The SMILES string of the molecule is O=C(N[C@@H](Cc1ccccc1)C(=O)N[C@@H](CCC1CCCCC1)B(O)O)c1ccccc1. The second kappa shape index (κ2) is 12.4. The largest absolute Gasteiger partial charge is 0.475 e. The van der Waals surface area contributed by atoms with E-state index in [2.05, 4.69) is 10.6 Å². The van der Waals surface area contributed by atoms with Gasteiger partial charge in [-0.15, -0.1) is 0 Å². The van der Waals surface area contributed by atoms with Crippen molar-refractivity contribution in [3.8, 4) is 0 Å². The van der Waals surface area contributed by atoms with Crippen molar-refractivity contribution in [2.75, 3.05) is 0 Å². The standard InChI is InChI=1S/C25H33BN2O4/c29-24(21-14-8-3-9-15-21)27-22(18-20-12-6-2-7-13-20)25(30)28-23(26(31)32)17-16-19-10-4-1-5-11-19/h2-3,6-9,12-15,19,22-23,31-32H,1,4-5,10-11,16-18H2,(H,27,29)(H,28,30)/t22-,23-/m0/s1. The number of hydrogen-bond donors (Lipinski definition) is 4. The maximum absolute atomic E-state index is 13.1. The Labute approximate surface area is 190 Å². The maximum atomic E-state index is 13.1. The van der Waals surface area contributed by atoms with Crippen LogP contribution in [0.25, 0.3) is 0 Å². The van der Waals surface area contributed by atoms with Gasteiger partial charge in [-0.05, 0) is 36.5 Å². The molecule has 0 saturated heterocycles. The fraction of sp³-hybridized carbons (Fsp3) is 0.440. The van der Waals surface area contributed by atoms with E-state index in [0.717, 1.165) is 24.8 Å². The molecule has 2 atom stereocenters. The Morgan fingerprint density at radius 2 is 1.53 bits per heavy atom. The lowest BCUT2D eigenvalue weighted by Gasteiger charge is -2.26. The molecule has 0 spiro atoms. The van der Waals surface area contributed by atoms with E-state index in [-0.39, 0.29) is 5.91 Å². The summed E-state index contributed by atoms with van der Waals surface area (Å²) < 4.78 is 0. The quantitative estimate of drug-likeness (QED) is 0.431. The van der Waals surface area contributed by atoms with Crippen molar-refractivity contribution in [1.82, 2.24) is 10.6 Å². The van der Waals surface area contributed by atoms with E-state index in [4.69, 9.17) is 0 Å². The first-order valence-electron chi connectivity index (χ1n) is 11.6. The van der Waals surface area contributed by atoms with Gasteiger partial charge in [0.25, 0.3) is 5.91 Å². The number of carbonyl (C=O) groups is 2. The number of carbonyl (C=O) groups excluding carboxylic acids is 2. The first-order chi connectivity index (χ1) is 15.5.